The maximum absolute atomic E-state index is 5.24. The minimum atomic E-state index is 0.568. The summed E-state index contributed by atoms with van der Waals surface area (Å²) in [6.07, 6.45) is 0. The normalized spacial score (nSPS) is 10.1. The SMILES string of the molecule is NCCOCCNc1nncs1. The molecule has 0 spiro atoms. The Hall–Kier alpha value is -0.720. The van der Waals surface area contributed by atoms with Crippen molar-refractivity contribution in [3.8, 4) is 0 Å². The highest BCUT2D eigenvalue weighted by Crippen LogP contribution is 2.06. The molecule has 0 fully saturated rings. The molecule has 0 saturated heterocycles. The Bertz CT molecular complexity index is 191. The minimum Gasteiger partial charge on any atom is -0.378 e. The van der Waals surface area contributed by atoms with Crippen LogP contribution in [-0.4, -0.2) is 36.5 Å². The predicted octanol–water partition coefficient (Wildman–Crippen LogP) is -0.0747. The topological polar surface area (TPSA) is 73.1 Å². The van der Waals surface area contributed by atoms with Gasteiger partial charge in [0.1, 0.15) is 5.51 Å². The highest BCUT2D eigenvalue weighted by molar-refractivity contribution is 7.13. The van der Waals surface area contributed by atoms with Crippen LogP contribution < -0.4 is 11.1 Å². The van der Waals surface area contributed by atoms with Gasteiger partial charge in [0.05, 0.1) is 13.2 Å². The Morgan fingerprint density at radius 1 is 1.58 bits per heavy atom. The molecule has 0 bridgehead atoms. The van der Waals surface area contributed by atoms with Crippen LogP contribution in [0.3, 0.4) is 0 Å². The highest BCUT2D eigenvalue weighted by atomic mass is 32.1. The van der Waals surface area contributed by atoms with Gasteiger partial charge in [-0.25, -0.2) is 0 Å². The molecule has 1 aromatic rings. The first kappa shape index (κ1) is 9.37. The Labute approximate surface area is 74.9 Å². The Morgan fingerprint density at radius 3 is 3.17 bits per heavy atom. The van der Waals surface area contributed by atoms with Crippen molar-refractivity contribution < 1.29 is 4.74 Å². The fourth-order valence-corrected chi connectivity index (χ4v) is 1.14. The second kappa shape index (κ2) is 5.87. The summed E-state index contributed by atoms with van der Waals surface area (Å²) >= 11 is 1.47. The van der Waals surface area contributed by atoms with Crippen molar-refractivity contribution in [2.75, 3.05) is 31.6 Å². The van der Waals surface area contributed by atoms with Crippen molar-refractivity contribution in [1.82, 2.24) is 10.2 Å². The van der Waals surface area contributed by atoms with Crippen LogP contribution in [0, 0.1) is 0 Å². The largest absolute Gasteiger partial charge is 0.378 e. The first-order chi connectivity index (χ1) is 5.93. The van der Waals surface area contributed by atoms with Gasteiger partial charge in [-0.1, -0.05) is 11.3 Å². The van der Waals surface area contributed by atoms with E-state index in [2.05, 4.69) is 15.5 Å². The number of nitrogens with zero attached hydrogens (tertiary/aromatic N) is 2. The van der Waals surface area contributed by atoms with Crippen LogP contribution in [-0.2, 0) is 4.74 Å². The number of ether oxygens (including phenoxy) is 1. The predicted molar refractivity (Wildman–Crippen MR) is 48.3 cm³/mol. The van der Waals surface area contributed by atoms with Crippen molar-refractivity contribution in [2.24, 2.45) is 5.73 Å². The smallest absolute Gasteiger partial charge is 0.205 e. The van der Waals surface area contributed by atoms with Gasteiger partial charge in [0.2, 0.25) is 5.13 Å². The molecule has 5 nitrogen and oxygen atoms in total. The van der Waals surface area contributed by atoms with E-state index in [0.717, 1.165) is 11.7 Å². The summed E-state index contributed by atoms with van der Waals surface area (Å²) in [7, 11) is 0. The first-order valence-electron chi connectivity index (χ1n) is 3.71. The molecular weight excluding hydrogens is 176 g/mol. The standard InChI is InChI=1S/C6H12N4OS/c7-1-3-11-4-2-8-6-10-9-5-12-6/h5H,1-4,7H2,(H,8,10). The lowest BCUT2D eigenvalue weighted by Crippen LogP contribution is -2.14. The lowest BCUT2D eigenvalue weighted by atomic mass is 10.6. The summed E-state index contributed by atoms with van der Waals surface area (Å²) in [6.45, 7) is 2.57. The van der Waals surface area contributed by atoms with E-state index in [1.54, 1.807) is 5.51 Å². The van der Waals surface area contributed by atoms with E-state index in [4.69, 9.17) is 10.5 Å². The molecule has 3 N–H and O–H groups in total. The number of nitrogens with two attached hydrogens (primary N) is 1. The number of rotatable bonds is 6. The summed E-state index contributed by atoms with van der Waals surface area (Å²) in [6, 6.07) is 0. The van der Waals surface area contributed by atoms with Crippen LogP contribution in [0.2, 0.25) is 0 Å². The van der Waals surface area contributed by atoms with Crippen LogP contribution in [0.1, 0.15) is 0 Å². The van der Waals surface area contributed by atoms with E-state index < -0.39 is 0 Å². The summed E-state index contributed by atoms with van der Waals surface area (Å²) in [5.74, 6) is 0. The number of anilines is 1. The molecule has 0 unspecified atom stereocenters. The Morgan fingerprint density at radius 2 is 2.50 bits per heavy atom. The third kappa shape index (κ3) is 3.61. The molecule has 0 aliphatic heterocycles. The quantitative estimate of drug-likeness (QED) is 0.611. The zero-order valence-corrected chi connectivity index (χ0v) is 7.51. The van der Waals surface area contributed by atoms with E-state index in [9.17, 15) is 0 Å². The van der Waals surface area contributed by atoms with Gasteiger partial charge in [0, 0.05) is 13.1 Å². The van der Waals surface area contributed by atoms with E-state index >= 15 is 0 Å². The maximum atomic E-state index is 5.24. The Balaban J connectivity index is 1.96. The number of nitrogens with one attached hydrogen (secondary N) is 1. The molecule has 0 aliphatic rings. The van der Waals surface area contributed by atoms with Crippen LogP contribution >= 0.6 is 11.3 Å². The van der Waals surface area contributed by atoms with Crippen molar-refractivity contribution >= 4 is 16.5 Å². The van der Waals surface area contributed by atoms with Crippen LogP contribution in [0.5, 0.6) is 0 Å². The summed E-state index contributed by atoms with van der Waals surface area (Å²) in [5.41, 5.74) is 6.92. The van der Waals surface area contributed by atoms with E-state index in [1.165, 1.54) is 11.3 Å². The molecule has 12 heavy (non-hydrogen) atoms. The van der Waals surface area contributed by atoms with Gasteiger partial charge in [-0.05, 0) is 0 Å². The van der Waals surface area contributed by atoms with Gasteiger partial charge in [-0.2, -0.15) is 0 Å². The molecular formula is C6H12N4OS. The van der Waals surface area contributed by atoms with Gasteiger partial charge in [0.25, 0.3) is 0 Å². The van der Waals surface area contributed by atoms with Gasteiger partial charge >= 0.3 is 0 Å². The lowest BCUT2D eigenvalue weighted by Gasteiger charge is -2.02. The maximum Gasteiger partial charge on any atom is 0.205 e. The van der Waals surface area contributed by atoms with Crippen molar-refractivity contribution in [1.29, 1.82) is 0 Å². The Kier molecular flexibility index (Phi) is 4.58. The molecule has 0 aromatic carbocycles. The second-order valence-corrected chi connectivity index (χ2v) is 2.90. The monoisotopic (exact) mass is 188 g/mol. The molecule has 1 rings (SSSR count). The lowest BCUT2D eigenvalue weighted by molar-refractivity contribution is 0.151. The number of hydrogen-bond acceptors (Lipinski definition) is 6. The molecule has 0 radical (unpaired) electrons. The van der Waals surface area contributed by atoms with E-state index in [-0.39, 0.29) is 0 Å². The van der Waals surface area contributed by atoms with Gasteiger partial charge < -0.3 is 15.8 Å². The van der Waals surface area contributed by atoms with E-state index in [0.29, 0.717) is 19.8 Å². The van der Waals surface area contributed by atoms with Crippen molar-refractivity contribution in [3.63, 3.8) is 0 Å². The van der Waals surface area contributed by atoms with E-state index in [1.807, 2.05) is 0 Å². The molecule has 6 heteroatoms. The van der Waals surface area contributed by atoms with Gasteiger partial charge in [-0.15, -0.1) is 10.2 Å². The molecule has 1 aromatic heterocycles. The molecule has 0 saturated carbocycles. The van der Waals surface area contributed by atoms with Crippen molar-refractivity contribution in [3.05, 3.63) is 5.51 Å². The minimum absolute atomic E-state index is 0.568. The molecule has 0 atom stereocenters. The molecule has 68 valence electrons. The second-order valence-electron chi connectivity index (χ2n) is 2.07. The fourth-order valence-electron chi connectivity index (χ4n) is 0.666. The van der Waals surface area contributed by atoms with Crippen molar-refractivity contribution in [2.45, 2.75) is 0 Å². The average molecular weight is 188 g/mol. The fraction of sp³-hybridized carbons (Fsp3) is 0.667. The molecule has 1 heterocycles. The average Bonchev–Trinajstić information content (AvgIpc) is 2.57. The van der Waals surface area contributed by atoms with Gasteiger partial charge in [0.15, 0.2) is 0 Å². The highest BCUT2D eigenvalue weighted by Gasteiger charge is 1.92. The zero-order chi connectivity index (χ0) is 8.65. The van der Waals surface area contributed by atoms with Crippen LogP contribution in [0.15, 0.2) is 5.51 Å². The third-order valence-corrected chi connectivity index (χ3v) is 1.79. The summed E-state index contributed by atoms with van der Waals surface area (Å²) < 4.78 is 5.15. The zero-order valence-electron chi connectivity index (χ0n) is 6.69. The number of aromatic nitrogens is 2. The summed E-state index contributed by atoms with van der Waals surface area (Å²) in [5, 5.41) is 11.4. The first-order valence-corrected chi connectivity index (χ1v) is 4.59. The number of hydrogen-bond donors (Lipinski definition) is 2. The third-order valence-electron chi connectivity index (χ3n) is 1.14. The molecule has 0 amide bonds. The van der Waals surface area contributed by atoms with Crippen LogP contribution in [0.4, 0.5) is 5.13 Å². The van der Waals surface area contributed by atoms with Gasteiger partial charge in [-0.3, -0.25) is 0 Å². The van der Waals surface area contributed by atoms with Crippen LogP contribution in [0.25, 0.3) is 0 Å². The molecule has 0 aliphatic carbocycles. The summed E-state index contributed by atoms with van der Waals surface area (Å²) in [4.78, 5) is 0.